The van der Waals surface area contributed by atoms with Gasteiger partial charge in [0.1, 0.15) is 0 Å². The molecule has 5 N–H and O–H groups in total. The third-order valence-electron chi connectivity index (χ3n) is 2.03. The number of urea groups is 1. The van der Waals surface area contributed by atoms with Crippen molar-refractivity contribution in [3.63, 3.8) is 0 Å². The van der Waals surface area contributed by atoms with E-state index in [1.807, 2.05) is 5.43 Å². The van der Waals surface area contributed by atoms with Gasteiger partial charge in [-0.15, -0.1) is 0 Å². The Morgan fingerprint density at radius 3 is 2.38 bits per heavy atom. The minimum Gasteiger partial charge on any atom is -0.478 e. The maximum absolute atomic E-state index is 10.7. The molecule has 86 valence electrons. The largest absolute Gasteiger partial charge is 0.478 e. The zero-order chi connectivity index (χ0) is 12.0. The van der Waals surface area contributed by atoms with Gasteiger partial charge in [-0.05, 0) is 24.1 Å². The highest BCUT2D eigenvalue weighted by molar-refractivity contribution is 5.87. The van der Waals surface area contributed by atoms with Crippen LogP contribution in [0.4, 0.5) is 4.79 Å². The molecule has 0 aromatic heterocycles. The third-order valence-corrected chi connectivity index (χ3v) is 2.03. The molecule has 1 aromatic rings. The number of rotatable bonds is 4. The molecule has 0 aliphatic rings. The number of hydrogen-bond acceptors (Lipinski definition) is 3. The molecule has 0 bridgehead atoms. The Labute approximate surface area is 92.4 Å². The molecule has 1 aromatic carbocycles. The molecule has 0 fully saturated rings. The van der Waals surface area contributed by atoms with Gasteiger partial charge in [0.25, 0.3) is 0 Å². The maximum atomic E-state index is 10.7. The first-order valence-electron chi connectivity index (χ1n) is 4.70. The van der Waals surface area contributed by atoms with Crippen LogP contribution < -0.4 is 16.6 Å². The predicted octanol–water partition coefficient (Wildman–Crippen LogP) is 0.100. The van der Waals surface area contributed by atoms with Gasteiger partial charge in [-0.25, -0.2) is 15.4 Å². The first kappa shape index (κ1) is 12.0. The molecule has 0 radical (unpaired) electrons. The molecular weight excluding hydrogens is 210 g/mol. The number of hydrogen-bond donors (Lipinski definition) is 4. The van der Waals surface area contributed by atoms with Crippen LogP contribution >= 0.6 is 0 Å². The number of carbonyl (C=O) groups excluding carboxylic acids is 1. The van der Waals surface area contributed by atoms with Gasteiger partial charge in [0.05, 0.1) is 5.56 Å². The van der Waals surface area contributed by atoms with E-state index in [2.05, 4.69) is 5.32 Å². The average Bonchev–Trinajstić information content (AvgIpc) is 2.29. The van der Waals surface area contributed by atoms with Gasteiger partial charge in [-0.2, -0.15) is 0 Å². The van der Waals surface area contributed by atoms with Crippen molar-refractivity contribution >= 4 is 12.0 Å². The molecule has 0 spiro atoms. The van der Waals surface area contributed by atoms with Crippen LogP contribution in [0.3, 0.4) is 0 Å². The Bertz CT molecular complexity index is 375. The summed E-state index contributed by atoms with van der Waals surface area (Å²) in [5.74, 6) is 3.93. The number of hydrazine groups is 1. The molecule has 0 saturated heterocycles. The maximum Gasteiger partial charge on any atom is 0.335 e. The second-order valence-electron chi connectivity index (χ2n) is 3.15. The molecule has 2 amide bonds. The standard InChI is InChI=1S/C10H13N3O3/c11-13-10(16)12-6-5-7-1-3-8(4-2-7)9(14)15/h1-4H,5-6,11H2,(H,14,15)(H2,12,13,16). The molecule has 0 saturated carbocycles. The number of nitrogens with one attached hydrogen (secondary N) is 2. The SMILES string of the molecule is NNC(=O)NCCc1ccc(C(=O)O)cc1. The van der Waals surface area contributed by atoms with Crippen LogP contribution in [-0.2, 0) is 6.42 Å². The van der Waals surface area contributed by atoms with Gasteiger partial charge in [-0.3, -0.25) is 5.43 Å². The second kappa shape index (κ2) is 5.72. The molecule has 0 unspecified atom stereocenters. The van der Waals surface area contributed by atoms with E-state index in [1.165, 1.54) is 12.1 Å². The summed E-state index contributed by atoms with van der Waals surface area (Å²) in [5, 5.41) is 11.2. The summed E-state index contributed by atoms with van der Waals surface area (Å²) in [6.45, 7) is 0.440. The molecule has 1 rings (SSSR count). The van der Waals surface area contributed by atoms with Crippen molar-refractivity contribution in [3.8, 4) is 0 Å². The van der Waals surface area contributed by atoms with Crippen LogP contribution in [-0.4, -0.2) is 23.7 Å². The van der Waals surface area contributed by atoms with Crippen molar-refractivity contribution in [1.29, 1.82) is 0 Å². The van der Waals surface area contributed by atoms with Gasteiger partial charge >= 0.3 is 12.0 Å². The van der Waals surface area contributed by atoms with Crippen molar-refractivity contribution < 1.29 is 14.7 Å². The number of aromatic carboxylic acids is 1. The molecule has 16 heavy (non-hydrogen) atoms. The summed E-state index contributed by atoms with van der Waals surface area (Å²) < 4.78 is 0. The number of carboxylic acids is 1. The van der Waals surface area contributed by atoms with E-state index < -0.39 is 12.0 Å². The van der Waals surface area contributed by atoms with Crippen molar-refractivity contribution in [3.05, 3.63) is 35.4 Å². The minimum atomic E-state index is -0.952. The minimum absolute atomic E-state index is 0.247. The zero-order valence-electron chi connectivity index (χ0n) is 8.56. The van der Waals surface area contributed by atoms with Crippen LogP contribution in [0.1, 0.15) is 15.9 Å². The smallest absolute Gasteiger partial charge is 0.335 e. The Balaban J connectivity index is 2.43. The molecule has 6 heteroatoms. The van der Waals surface area contributed by atoms with Gasteiger partial charge in [0.15, 0.2) is 0 Å². The molecule has 0 aliphatic carbocycles. The van der Waals surface area contributed by atoms with Gasteiger partial charge in [0.2, 0.25) is 0 Å². The first-order chi connectivity index (χ1) is 7.63. The molecule has 0 heterocycles. The lowest BCUT2D eigenvalue weighted by Crippen LogP contribution is -2.40. The summed E-state index contributed by atoms with van der Waals surface area (Å²) in [5.41, 5.74) is 3.14. The number of amides is 2. The number of carbonyl (C=O) groups is 2. The predicted molar refractivity (Wildman–Crippen MR) is 57.8 cm³/mol. The summed E-state index contributed by atoms with van der Waals surface area (Å²) in [7, 11) is 0. The van der Waals surface area contributed by atoms with Gasteiger partial charge in [0, 0.05) is 6.54 Å². The molecule has 6 nitrogen and oxygen atoms in total. The van der Waals surface area contributed by atoms with Crippen molar-refractivity contribution in [2.75, 3.05) is 6.54 Å². The topological polar surface area (TPSA) is 104 Å². The number of nitrogens with two attached hydrogens (primary N) is 1. The summed E-state index contributed by atoms with van der Waals surface area (Å²) in [6.07, 6.45) is 0.618. The van der Waals surface area contributed by atoms with E-state index in [4.69, 9.17) is 10.9 Å². The lowest BCUT2D eigenvalue weighted by molar-refractivity contribution is 0.0697. The quantitative estimate of drug-likeness (QED) is 0.330. The molecule has 0 aliphatic heterocycles. The van der Waals surface area contributed by atoms with Crippen LogP contribution in [0, 0.1) is 0 Å². The summed E-state index contributed by atoms with van der Waals surface area (Å²) in [6, 6.07) is 6.04. The zero-order valence-corrected chi connectivity index (χ0v) is 8.56. The fourth-order valence-electron chi connectivity index (χ4n) is 1.19. The number of benzene rings is 1. The molecular formula is C10H13N3O3. The van der Waals surface area contributed by atoms with E-state index in [9.17, 15) is 9.59 Å². The summed E-state index contributed by atoms with van der Waals surface area (Å²) >= 11 is 0. The van der Waals surface area contributed by atoms with Gasteiger partial charge in [-0.1, -0.05) is 12.1 Å². The van der Waals surface area contributed by atoms with Gasteiger partial charge < -0.3 is 10.4 Å². The van der Waals surface area contributed by atoms with Crippen LogP contribution in [0.5, 0.6) is 0 Å². The monoisotopic (exact) mass is 223 g/mol. The number of carboxylic acid groups (broad SMARTS) is 1. The van der Waals surface area contributed by atoms with E-state index >= 15 is 0 Å². The van der Waals surface area contributed by atoms with Crippen molar-refractivity contribution in [2.24, 2.45) is 5.84 Å². The molecule has 0 atom stereocenters. The Morgan fingerprint density at radius 1 is 1.25 bits per heavy atom. The first-order valence-corrected chi connectivity index (χ1v) is 4.70. The lowest BCUT2D eigenvalue weighted by atomic mass is 10.1. The van der Waals surface area contributed by atoms with E-state index in [0.29, 0.717) is 13.0 Å². The highest BCUT2D eigenvalue weighted by atomic mass is 16.4. The van der Waals surface area contributed by atoms with Crippen LogP contribution in [0.15, 0.2) is 24.3 Å². The van der Waals surface area contributed by atoms with E-state index in [1.54, 1.807) is 12.1 Å². The fourth-order valence-corrected chi connectivity index (χ4v) is 1.19. The van der Waals surface area contributed by atoms with E-state index in [0.717, 1.165) is 5.56 Å². The summed E-state index contributed by atoms with van der Waals surface area (Å²) in [4.78, 5) is 21.3. The normalized spacial score (nSPS) is 9.56. The Hall–Kier alpha value is -2.08. The average molecular weight is 223 g/mol. The van der Waals surface area contributed by atoms with Crippen LogP contribution in [0.2, 0.25) is 0 Å². The third kappa shape index (κ3) is 3.58. The highest BCUT2D eigenvalue weighted by Crippen LogP contribution is 2.04. The Kier molecular flexibility index (Phi) is 4.28. The van der Waals surface area contributed by atoms with E-state index in [-0.39, 0.29) is 5.56 Å². The lowest BCUT2D eigenvalue weighted by Gasteiger charge is -2.04. The van der Waals surface area contributed by atoms with Crippen LogP contribution in [0.25, 0.3) is 0 Å². The Morgan fingerprint density at radius 2 is 1.88 bits per heavy atom. The van der Waals surface area contributed by atoms with Crippen molar-refractivity contribution in [1.82, 2.24) is 10.7 Å². The fraction of sp³-hybridized carbons (Fsp3) is 0.200. The van der Waals surface area contributed by atoms with Crippen molar-refractivity contribution in [2.45, 2.75) is 6.42 Å². The second-order valence-corrected chi connectivity index (χ2v) is 3.15. The highest BCUT2D eigenvalue weighted by Gasteiger charge is 2.02.